The standard InChI is InChI=1S/C42H49ClN7O5P/c1-55-37-24-32(11-9-27(37)23-39-46-25-34(43)35(47-39)22-28-7-4-5-8-38(28)56(2,3)54)49-19-15-30(16-20-49)44-17-6-18-45-31-10-12-33-29(21-31)26-50(42(33)53)36-13-14-40(51)48-41(36)52/h4-5,7-12,21,24-25,30,36,44-45H,6,13-20,22-23,26H2,1-3H3,(H,48,51,52). The number of fused-ring (bicyclic) bond motifs is 1. The summed E-state index contributed by atoms with van der Waals surface area (Å²) < 4.78 is 18.8. The first-order chi connectivity index (χ1) is 27.0. The molecule has 0 bridgehead atoms. The number of piperidine rings is 2. The van der Waals surface area contributed by atoms with Gasteiger partial charge in [-0.15, -0.1) is 0 Å². The number of benzene rings is 3. The van der Waals surface area contributed by atoms with Gasteiger partial charge in [-0.3, -0.25) is 19.7 Å². The lowest BCUT2D eigenvalue weighted by Crippen LogP contribution is -2.52. The summed E-state index contributed by atoms with van der Waals surface area (Å²) in [5.41, 5.74) is 6.25. The number of anilines is 2. The van der Waals surface area contributed by atoms with E-state index in [1.807, 2.05) is 42.5 Å². The largest absolute Gasteiger partial charge is 0.496 e. The van der Waals surface area contributed by atoms with Crippen molar-refractivity contribution in [3.8, 4) is 5.75 Å². The van der Waals surface area contributed by atoms with Gasteiger partial charge in [0, 0.05) is 91.6 Å². The summed E-state index contributed by atoms with van der Waals surface area (Å²) in [5.74, 6) is 0.597. The van der Waals surface area contributed by atoms with E-state index in [0.717, 1.165) is 84.6 Å². The molecule has 0 aliphatic carbocycles. The van der Waals surface area contributed by atoms with Gasteiger partial charge in [0.2, 0.25) is 11.8 Å². The van der Waals surface area contributed by atoms with Crippen LogP contribution in [0.2, 0.25) is 5.02 Å². The van der Waals surface area contributed by atoms with Crippen LogP contribution in [0.5, 0.6) is 5.75 Å². The maximum atomic E-state index is 13.0. The Balaban J connectivity index is 0.862. The average molecular weight is 798 g/mol. The lowest BCUT2D eigenvalue weighted by molar-refractivity contribution is -0.136. The van der Waals surface area contributed by atoms with Gasteiger partial charge in [-0.25, -0.2) is 9.97 Å². The Hall–Kier alpha value is -4.77. The number of rotatable bonds is 14. The summed E-state index contributed by atoms with van der Waals surface area (Å²) in [5, 5.41) is 10.9. The predicted octanol–water partition coefficient (Wildman–Crippen LogP) is 5.39. The summed E-state index contributed by atoms with van der Waals surface area (Å²) in [7, 11) is -0.778. The lowest BCUT2D eigenvalue weighted by atomic mass is 10.0. The minimum atomic E-state index is -2.47. The van der Waals surface area contributed by atoms with Crippen LogP contribution >= 0.6 is 18.7 Å². The Morgan fingerprint density at radius 1 is 0.964 bits per heavy atom. The Bertz CT molecular complexity index is 2170. The molecule has 0 radical (unpaired) electrons. The van der Waals surface area contributed by atoms with Gasteiger partial charge in [-0.05, 0) is 81.0 Å². The topological polar surface area (TPSA) is 146 Å². The summed E-state index contributed by atoms with van der Waals surface area (Å²) in [6.45, 7) is 7.50. The van der Waals surface area contributed by atoms with E-state index < -0.39 is 19.1 Å². The van der Waals surface area contributed by atoms with Gasteiger partial charge in [-0.1, -0.05) is 41.9 Å². The first kappa shape index (κ1) is 39.5. The van der Waals surface area contributed by atoms with Gasteiger partial charge in [0.25, 0.3) is 5.91 Å². The fourth-order valence-corrected chi connectivity index (χ4v) is 9.37. The number of carbonyl (C=O) groups is 3. The number of hydrogen-bond acceptors (Lipinski definition) is 10. The number of hydrogen-bond donors (Lipinski definition) is 3. The van der Waals surface area contributed by atoms with Crippen LogP contribution in [0, 0.1) is 0 Å². The van der Waals surface area contributed by atoms with Gasteiger partial charge < -0.3 is 29.7 Å². The van der Waals surface area contributed by atoms with Gasteiger partial charge in [0.05, 0.1) is 17.8 Å². The van der Waals surface area contributed by atoms with Crippen molar-refractivity contribution in [2.24, 2.45) is 0 Å². The fourth-order valence-electron chi connectivity index (χ4n) is 7.92. The Kier molecular flexibility index (Phi) is 12.1. The number of amides is 3. The summed E-state index contributed by atoms with van der Waals surface area (Å²) >= 11 is 6.55. The number of nitrogens with zero attached hydrogens (tertiary/aromatic N) is 4. The van der Waals surface area contributed by atoms with Crippen molar-refractivity contribution in [2.75, 3.05) is 56.8 Å². The molecule has 3 amide bonds. The van der Waals surface area contributed by atoms with Gasteiger partial charge in [-0.2, -0.15) is 0 Å². The highest BCUT2D eigenvalue weighted by molar-refractivity contribution is 7.70. The number of aromatic nitrogens is 2. The molecule has 1 aromatic heterocycles. The summed E-state index contributed by atoms with van der Waals surface area (Å²) in [6, 6.07) is 19.7. The molecule has 1 unspecified atom stereocenters. The molecular formula is C42H49ClN7O5P. The summed E-state index contributed by atoms with van der Waals surface area (Å²) in [4.78, 5) is 50.2. The van der Waals surface area contributed by atoms with Crippen LogP contribution in [0.25, 0.3) is 0 Å². The van der Waals surface area contributed by atoms with Crippen molar-refractivity contribution in [3.05, 3.63) is 106 Å². The van der Waals surface area contributed by atoms with Crippen LogP contribution < -0.4 is 30.9 Å². The lowest BCUT2D eigenvalue weighted by Gasteiger charge is -2.34. The minimum absolute atomic E-state index is 0.159. The Morgan fingerprint density at radius 3 is 2.54 bits per heavy atom. The first-order valence-electron chi connectivity index (χ1n) is 19.3. The minimum Gasteiger partial charge on any atom is -0.496 e. The van der Waals surface area contributed by atoms with E-state index in [2.05, 4.69) is 44.0 Å². The molecule has 3 aliphatic rings. The maximum Gasteiger partial charge on any atom is 0.255 e. The van der Waals surface area contributed by atoms with E-state index in [-0.39, 0.29) is 18.2 Å². The molecule has 0 spiro atoms. The number of nitrogens with one attached hydrogen (secondary N) is 3. The van der Waals surface area contributed by atoms with E-state index in [0.29, 0.717) is 54.0 Å². The van der Waals surface area contributed by atoms with Crippen molar-refractivity contribution < 1.29 is 23.7 Å². The molecule has 4 heterocycles. The molecule has 14 heteroatoms. The molecule has 3 aromatic carbocycles. The molecule has 294 valence electrons. The molecule has 3 aliphatic heterocycles. The fraction of sp³-hybridized carbons (Fsp3) is 0.405. The van der Waals surface area contributed by atoms with Crippen LogP contribution in [0.15, 0.2) is 66.9 Å². The van der Waals surface area contributed by atoms with E-state index in [1.54, 1.807) is 31.5 Å². The molecular weight excluding hydrogens is 749 g/mol. The number of imide groups is 1. The Morgan fingerprint density at radius 2 is 1.77 bits per heavy atom. The highest BCUT2D eigenvalue weighted by Crippen LogP contribution is 2.37. The van der Waals surface area contributed by atoms with Crippen LogP contribution in [0.3, 0.4) is 0 Å². The molecule has 1 atom stereocenters. The molecule has 2 saturated heterocycles. The number of methoxy groups -OCH3 is 1. The SMILES string of the molecule is COc1cc(N2CCC(NCCCNc3ccc4c(c3)CN(C3CCC(=O)NC3=O)C4=O)CC2)ccc1Cc1ncc(Cl)c(Cc2ccccc2P(C)(C)=O)n1. The van der Waals surface area contributed by atoms with Crippen LogP contribution in [0.4, 0.5) is 11.4 Å². The molecule has 4 aromatic rings. The third-order valence-electron chi connectivity index (χ3n) is 10.9. The number of halogens is 1. The van der Waals surface area contributed by atoms with E-state index in [4.69, 9.17) is 21.3 Å². The predicted molar refractivity (Wildman–Crippen MR) is 220 cm³/mol. The molecule has 0 saturated carbocycles. The van der Waals surface area contributed by atoms with Gasteiger partial charge in [0.15, 0.2) is 0 Å². The van der Waals surface area contributed by atoms with E-state index in [9.17, 15) is 18.9 Å². The van der Waals surface area contributed by atoms with Crippen LogP contribution in [-0.2, 0) is 33.5 Å². The zero-order valence-corrected chi connectivity index (χ0v) is 33.8. The highest BCUT2D eigenvalue weighted by atomic mass is 35.5. The first-order valence-corrected chi connectivity index (χ1v) is 22.2. The smallest absolute Gasteiger partial charge is 0.255 e. The second-order valence-corrected chi connectivity index (χ2v) is 18.8. The Labute approximate surface area is 333 Å². The molecule has 12 nitrogen and oxygen atoms in total. The second-order valence-electron chi connectivity index (χ2n) is 15.2. The van der Waals surface area contributed by atoms with Crippen molar-refractivity contribution >= 4 is 53.1 Å². The van der Waals surface area contributed by atoms with E-state index >= 15 is 0 Å². The summed E-state index contributed by atoms with van der Waals surface area (Å²) in [6.07, 6.45) is 6.24. The molecule has 7 rings (SSSR count). The van der Waals surface area contributed by atoms with Crippen LogP contribution in [-0.4, -0.2) is 91.3 Å². The third-order valence-corrected chi connectivity index (χ3v) is 12.8. The molecule has 3 N–H and O–H groups in total. The van der Waals surface area contributed by atoms with Crippen LogP contribution in [0.1, 0.15) is 70.7 Å². The monoisotopic (exact) mass is 797 g/mol. The van der Waals surface area contributed by atoms with Gasteiger partial charge in [0.1, 0.15) is 24.8 Å². The highest BCUT2D eigenvalue weighted by Gasteiger charge is 2.39. The van der Waals surface area contributed by atoms with Gasteiger partial charge >= 0.3 is 0 Å². The van der Waals surface area contributed by atoms with Crippen molar-refractivity contribution in [3.63, 3.8) is 0 Å². The third kappa shape index (κ3) is 9.09. The zero-order valence-electron chi connectivity index (χ0n) is 32.1. The average Bonchev–Trinajstić information content (AvgIpc) is 3.51. The van der Waals surface area contributed by atoms with Crippen molar-refractivity contribution in [2.45, 2.75) is 63.6 Å². The number of ether oxygens (including phenoxy) is 1. The quantitative estimate of drug-likeness (QED) is 0.0863. The number of carbonyl (C=O) groups excluding carboxylic acids is 3. The molecule has 2 fully saturated rings. The van der Waals surface area contributed by atoms with Crippen molar-refractivity contribution in [1.82, 2.24) is 25.5 Å². The van der Waals surface area contributed by atoms with Crippen molar-refractivity contribution in [1.29, 1.82) is 0 Å². The normalized spacial score (nSPS) is 17.6. The zero-order chi connectivity index (χ0) is 39.4. The molecule has 56 heavy (non-hydrogen) atoms. The second kappa shape index (κ2) is 17.2. The van der Waals surface area contributed by atoms with E-state index in [1.165, 1.54) is 0 Å². The maximum absolute atomic E-state index is 13.0.